The van der Waals surface area contributed by atoms with Gasteiger partial charge in [-0.15, -0.1) is 0 Å². The molecule has 2 amide bonds. The molecule has 0 radical (unpaired) electrons. The van der Waals surface area contributed by atoms with Crippen LogP contribution >= 0.6 is 0 Å². The van der Waals surface area contributed by atoms with Crippen LogP contribution in [-0.2, 0) is 15.0 Å². The third-order valence-corrected chi connectivity index (χ3v) is 7.79. The molecule has 2 unspecified atom stereocenters. The molecule has 3 heterocycles. The molecule has 1 fully saturated rings. The summed E-state index contributed by atoms with van der Waals surface area (Å²) in [4.78, 5) is 33.1. The van der Waals surface area contributed by atoms with Crippen LogP contribution < -0.4 is 0 Å². The van der Waals surface area contributed by atoms with E-state index < -0.39 is 23.5 Å². The van der Waals surface area contributed by atoms with Gasteiger partial charge in [-0.2, -0.15) is 0 Å². The van der Waals surface area contributed by atoms with E-state index in [1.165, 1.54) is 6.07 Å². The third-order valence-electron chi connectivity index (χ3n) is 7.79. The first-order chi connectivity index (χ1) is 18.1. The Balaban J connectivity index is 1.39. The van der Waals surface area contributed by atoms with Gasteiger partial charge in [-0.25, -0.2) is 9.38 Å². The molecule has 8 heteroatoms. The van der Waals surface area contributed by atoms with E-state index in [0.29, 0.717) is 35.6 Å². The number of aliphatic hydroxyl groups is 1. The lowest BCUT2D eigenvalue weighted by Crippen LogP contribution is -2.44. The molecule has 1 aromatic heterocycles. The maximum absolute atomic E-state index is 14.3. The molecular weight excluding hydrogens is 485 g/mol. The number of carbonyl (C=O) groups excluding carboxylic acids is 2. The van der Waals surface area contributed by atoms with Crippen molar-refractivity contribution in [2.24, 2.45) is 10.9 Å². The maximum atomic E-state index is 14.3. The summed E-state index contributed by atoms with van der Waals surface area (Å²) < 4.78 is 19.7. The van der Waals surface area contributed by atoms with Crippen LogP contribution in [0.4, 0.5) is 4.39 Å². The summed E-state index contributed by atoms with van der Waals surface area (Å²) in [6.45, 7) is 7.71. The smallest absolute Gasteiger partial charge is 0.256 e. The summed E-state index contributed by atoms with van der Waals surface area (Å²) in [5, 5.41) is 14.5. The highest BCUT2D eigenvalue weighted by Gasteiger charge is 2.48. The van der Waals surface area contributed by atoms with Crippen molar-refractivity contribution in [3.05, 3.63) is 77.4 Å². The Hall–Kier alpha value is -3.65. The second kappa shape index (κ2) is 9.91. The van der Waals surface area contributed by atoms with Crippen LogP contribution in [0, 0.1) is 18.7 Å². The maximum Gasteiger partial charge on any atom is 0.256 e. The van der Waals surface area contributed by atoms with Crippen LogP contribution in [0.15, 0.2) is 64.1 Å². The topological polar surface area (TPSA) is 96.0 Å². The van der Waals surface area contributed by atoms with Gasteiger partial charge in [0, 0.05) is 36.7 Å². The molecule has 2 aliphatic rings. The number of nitrogens with zero attached hydrogens (tertiary/aromatic N) is 3. The Kier molecular flexibility index (Phi) is 6.77. The van der Waals surface area contributed by atoms with Gasteiger partial charge in [-0.1, -0.05) is 61.5 Å². The summed E-state index contributed by atoms with van der Waals surface area (Å²) in [6, 6.07) is 15.2. The number of benzene rings is 2. The van der Waals surface area contributed by atoms with E-state index in [9.17, 15) is 19.1 Å². The summed E-state index contributed by atoms with van der Waals surface area (Å²) in [5.41, 5.74) is 2.37. The van der Waals surface area contributed by atoms with Crippen LogP contribution in [-0.4, -0.2) is 51.4 Å². The first-order valence-corrected chi connectivity index (χ1v) is 13.0. The number of hydrogen-bond acceptors (Lipinski definition) is 5. The molecular formula is C30H32FN3O4. The number of aliphatic hydroxyl groups excluding tert-OH is 1. The van der Waals surface area contributed by atoms with Gasteiger partial charge in [-0.3, -0.25) is 9.59 Å². The monoisotopic (exact) mass is 517 g/mol. The number of carbonyl (C=O) groups is 2. The highest BCUT2D eigenvalue weighted by atomic mass is 19.1. The van der Waals surface area contributed by atoms with Gasteiger partial charge < -0.3 is 14.5 Å². The molecule has 0 spiro atoms. The Morgan fingerprint density at radius 2 is 1.89 bits per heavy atom. The fourth-order valence-corrected chi connectivity index (χ4v) is 5.68. The minimum atomic E-state index is -0.912. The summed E-state index contributed by atoms with van der Waals surface area (Å²) in [7, 11) is 0. The van der Waals surface area contributed by atoms with Crippen molar-refractivity contribution in [2.45, 2.75) is 64.0 Å². The zero-order chi connectivity index (χ0) is 27.2. The van der Waals surface area contributed by atoms with Crippen molar-refractivity contribution in [3.63, 3.8) is 0 Å². The predicted octanol–water partition coefficient (Wildman–Crippen LogP) is 4.82. The van der Waals surface area contributed by atoms with Crippen LogP contribution in [0.1, 0.15) is 56.5 Å². The average molecular weight is 518 g/mol. The van der Waals surface area contributed by atoms with Crippen molar-refractivity contribution >= 4 is 17.5 Å². The molecule has 2 aromatic carbocycles. The number of aromatic nitrogens is 1. The Labute approximate surface area is 221 Å². The second-order valence-corrected chi connectivity index (χ2v) is 11.0. The number of aryl methyl sites for hydroxylation is 1. The van der Waals surface area contributed by atoms with Gasteiger partial charge in [0.1, 0.15) is 17.5 Å². The molecule has 1 saturated heterocycles. The molecule has 38 heavy (non-hydrogen) atoms. The summed E-state index contributed by atoms with van der Waals surface area (Å²) >= 11 is 0. The van der Waals surface area contributed by atoms with Gasteiger partial charge in [0.15, 0.2) is 0 Å². The number of hydrogen-bond donors (Lipinski definition) is 1. The van der Waals surface area contributed by atoms with Crippen LogP contribution in [0.2, 0.25) is 0 Å². The van der Waals surface area contributed by atoms with Gasteiger partial charge in [-0.05, 0) is 37.0 Å². The van der Waals surface area contributed by atoms with Crippen molar-refractivity contribution in [1.82, 2.24) is 10.1 Å². The molecule has 2 aliphatic heterocycles. The van der Waals surface area contributed by atoms with E-state index in [1.807, 2.05) is 45.0 Å². The standard InChI is InChI=1S/C30H32FN3O4/c1-17(2)27(26-13-18(3)33-38-26)28(36)34-16-21(35)14-25(34)24-15-30(4,29(37)32-24)20-11-9-19(10-12-20)22-7-5-6-8-23(22)31/h5-13,17,21,25,27,35H,14-16H2,1-4H3/t21-,25?,27?,30+/m1/s1. The zero-order valence-electron chi connectivity index (χ0n) is 22.0. The first-order valence-electron chi connectivity index (χ1n) is 13.0. The van der Waals surface area contributed by atoms with Gasteiger partial charge >= 0.3 is 0 Å². The average Bonchev–Trinajstić information content (AvgIpc) is 3.57. The third kappa shape index (κ3) is 4.58. The Morgan fingerprint density at radius 1 is 1.18 bits per heavy atom. The lowest BCUT2D eigenvalue weighted by atomic mass is 9.78. The lowest BCUT2D eigenvalue weighted by molar-refractivity contribution is -0.134. The Bertz CT molecular complexity index is 1400. The number of halogens is 1. The summed E-state index contributed by atoms with van der Waals surface area (Å²) in [6.07, 6.45) is -0.0573. The largest absolute Gasteiger partial charge is 0.391 e. The minimum absolute atomic E-state index is 0.0568. The SMILES string of the molecule is Cc1cc(C(C(=O)N2C[C@H](O)CC2C2=NC(=O)[C@](C)(c3ccc(-c4ccccc4F)cc3)C2)C(C)C)on1. The van der Waals surface area contributed by atoms with E-state index >= 15 is 0 Å². The quantitative estimate of drug-likeness (QED) is 0.506. The number of aliphatic imine (C=N–C) groups is 1. The van der Waals surface area contributed by atoms with Gasteiger partial charge in [0.05, 0.1) is 23.3 Å². The molecule has 5 rings (SSSR count). The molecule has 3 aromatic rings. The van der Waals surface area contributed by atoms with Crippen LogP contribution in [0.3, 0.4) is 0 Å². The second-order valence-electron chi connectivity index (χ2n) is 11.0. The number of β-amino-alcohol motifs (C(OH)–C–C–N with tert-alkyl or cyclic N) is 1. The van der Waals surface area contributed by atoms with Crippen molar-refractivity contribution in [3.8, 4) is 11.1 Å². The predicted molar refractivity (Wildman–Crippen MR) is 141 cm³/mol. The number of amides is 2. The fraction of sp³-hybridized carbons (Fsp3) is 0.400. The van der Waals surface area contributed by atoms with Crippen molar-refractivity contribution in [2.75, 3.05) is 6.54 Å². The molecule has 0 saturated carbocycles. The van der Waals surface area contributed by atoms with E-state index in [-0.39, 0.29) is 30.1 Å². The zero-order valence-corrected chi connectivity index (χ0v) is 22.0. The van der Waals surface area contributed by atoms with Gasteiger partial charge in [0.2, 0.25) is 5.91 Å². The molecule has 4 atom stereocenters. The molecule has 0 aliphatic carbocycles. The summed E-state index contributed by atoms with van der Waals surface area (Å²) in [5.74, 6) is -0.884. The fourth-order valence-electron chi connectivity index (χ4n) is 5.68. The number of likely N-dealkylation sites (tertiary alicyclic amines) is 1. The van der Waals surface area contributed by atoms with Crippen molar-refractivity contribution in [1.29, 1.82) is 0 Å². The van der Waals surface area contributed by atoms with Crippen LogP contribution in [0.25, 0.3) is 11.1 Å². The molecule has 7 nitrogen and oxygen atoms in total. The van der Waals surface area contributed by atoms with Crippen LogP contribution in [0.5, 0.6) is 0 Å². The van der Waals surface area contributed by atoms with E-state index in [1.54, 1.807) is 36.1 Å². The van der Waals surface area contributed by atoms with Crippen molar-refractivity contribution < 1.29 is 23.6 Å². The highest BCUT2D eigenvalue weighted by molar-refractivity contribution is 6.11. The first kappa shape index (κ1) is 26.0. The van der Waals surface area contributed by atoms with E-state index in [2.05, 4.69) is 10.1 Å². The highest BCUT2D eigenvalue weighted by Crippen LogP contribution is 2.39. The van der Waals surface area contributed by atoms with Gasteiger partial charge in [0.25, 0.3) is 5.91 Å². The number of rotatable bonds is 6. The molecule has 198 valence electrons. The molecule has 0 bridgehead atoms. The van der Waals surface area contributed by atoms with E-state index in [4.69, 9.17) is 4.52 Å². The Morgan fingerprint density at radius 3 is 2.53 bits per heavy atom. The normalized spacial score (nSPS) is 24.2. The van der Waals surface area contributed by atoms with E-state index in [0.717, 1.165) is 11.1 Å². The lowest BCUT2D eigenvalue weighted by Gasteiger charge is -2.30. The molecule has 1 N–H and O–H groups in total. The minimum Gasteiger partial charge on any atom is -0.391 e.